The molecule has 0 N–H and O–H groups in total. The molecule has 0 spiro atoms. The molecule has 1 amide bonds. The molecule has 0 radical (unpaired) electrons. The number of hydrogen-bond acceptors (Lipinski definition) is 4. The number of benzene rings is 1. The molecule has 0 saturated carbocycles. The molecule has 1 aromatic carbocycles. The third kappa shape index (κ3) is 2.90. The van der Waals surface area contributed by atoms with Gasteiger partial charge in [-0.05, 0) is 42.7 Å². The van der Waals surface area contributed by atoms with Crippen LogP contribution in [-0.4, -0.2) is 42.0 Å². The zero-order chi connectivity index (χ0) is 18.1. The third-order valence-electron chi connectivity index (χ3n) is 5.27. The number of carbonyl (C=O) groups is 1. The minimum Gasteiger partial charge on any atom is -0.366 e. The molecule has 26 heavy (non-hydrogen) atoms. The normalized spacial score (nSPS) is 19.2. The first-order valence-corrected chi connectivity index (χ1v) is 8.84. The monoisotopic (exact) mass is 350 g/mol. The maximum absolute atomic E-state index is 14.2. The van der Waals surface area contributed by atoms with Gasteiger partial charge in [-0.3, -0.25) is 9.78 Å². The molecule has 1 unspecified atom stereocenters. The quantitative estimate of drug-likeness (QED) is 0.835. The summed E-state index contributed by atoms with van der Waals surface area (Å²) in [5.41, 5.74) is 2.89. The maximum atomic E-state index is 14.2. The van der Waals surface area contributed by atoms with Gasteiger partial charge in [-0.25, -0.2) is 4.39 Å². The molecular weight excluding hydrogens is 331 g/mol. The van der Waals surface area contributed by atoms with E-state index in [4.69, 9.17) is 5.26 Å². The van der Waals surface area contributed by atoms with E-state index in [0.717, 1.165) is 18.5 Å². The van der Waals surface area contributed by atoms with Crippen LogP contribution in [0.1, 0.15) is 29.2 Å². The van der Waals surface area contributed by atoms with E-state index in [0.29, 0.717) is 37.4 Å². The van der Waals surface area contributed by atoms with E-state index in [1.807, 2.05) is 28.0 Å². The van der Waals surface area contributed by atoms with E-state index in [1.54, 1.807) is 18.3 Å². The molecule has 1 aliphatic carbocycles. The number of hydrogen-bond donors (Lipinski definition) is 0. The predicted molar refractivity (Wildman–Crippen MR) is 95.2 cm³/mol. The fourth-order valence-electron chi connectivity index (χ4n) is 3.87. The van der Waals surface area contributed by atoms with Crippen LogP contribution in [0.3, 0.4) is 0 Å². The van der Waals surface area contributed by atoms with Gasteiger partial charge in [0.25, 0.3) is 0 Å². The smallest absolute Gasteiger partial charge is 0.231 e. The van der Waals surface area contributed by atoms with Crippen LogP contribution >= 0.6 is 0 Å². The summed E-state index contributed by atoms with van der Waals surface area (Å²) in [4.78, 5) is 21.1. The molecule has 1 fully saturated rings. The van der Waals surface area contributed by atoms with Crippen molar-refractivity contribution in [1.82, 2.24) is 9.88 Å². The van der Waals surface area contributed by atoms with Gasteiger partial charge < -0.3 is 9.80 Å². The van der Waals surface area contributed by atoms with E-state index < -0.39 is 5.82 Å². The van der Waals surface area contributed by atoms with Crippen LogP contribution in [0.4, 0.5) is 10.1 Å². The number of carbonyl (C=O) groups excluding carboxylic acids is 1. The zero-order valence-corrected chi connectivity index (χ0v) is 14.4. The van der Waals surface area contributed by atoms with E-state index in [9.17, 15) is 9.18 Å². The van der Waals surface area contributed by atoms with Gasteiger partial charge in [0.15, 0.2) is 0 Å². The van der Waals surface area contributed by atoms with Crippen molar-refractivity contribution in [3.05, 3.63) is 59.2 Å². The largest absolute Gasteiger partial charge is 0.366 e. The van der Waals surface area contributed by atoms with Gasteiger partial charge in [0.1, 0.15) is 5.82 Å². The van der Waals surface area contributed by atoms with Crippen molar-refractivity contribution in [2.24, 2.45) is 0 Å². The number of fused-ring (bicyclic) bond motifs is 1. The Kier molecular flexibility index (Phi) is 4.29. The summed E-state index contributed by atoms with van der Waals surface area (Å²) in [7, 11) is 0. The van der Waals surface area contributed by atoms with Crippen molar-refractivity contribution in [2.45, 2.75) is 18.8 Å². The second kappa shape index (κ2) is 6.75. The summed E-state index contributed by atoms with van der Waals surface area (Å²) in [5, 5.41) is 8.85. The summed E-state index contributed by atoms with van der Waals surface area (Å²) >= 11 is 0. The number of aromatic nitrogens is 1. The molecule has 1 atom stereocenters. The van der Waals surface area contributed by atoms with E-state index in [-0.39, 0.29) is 11.8 Å². The molecule has 1 aromatic heterocycles. The lowest BCUT2D eigenvalue weighted by atomic mass is 10.0. The summed E-state index contributed by atoms with van der Waals surface area (Å²) in [5.74, 6) is -0.412. The average molecular weight is 350 g/mol. The average Bonchev–Trinajstić information content (AvgIpc) is 3.11. The lowest BCUT2D eigenvalue weighted by molar-refractivity contribution is -0.133. The highest BCUT2D eigenvalue weighted by atomic mass is 19.1. The number of piperazine rings is 1. The third-order valence-corrected chi connectivity index (χ3v) is 5.27. The van der Waals surface area contributed by atoms with Gasteiger partial charge in [-0.1, -0.05) is 6.07 Å². The van der Waals surface area contributed by atoms with Crippen LogP contribution in [0.25, 0.3) is 0 Å². The van der Waals surface area contributed by atoms with Gasteiger partial charge in [0.2, 0.25) is 5.91 Å². The maximum Gasteiger partial charge on any atom is 0.231 e. The number of amides is 1. The van der Waals surface area contributed by atoms with Crippen LogP contribution < -0.4 is 4.90 Å². The van der Waals surface area contributed by atoms with Crippen LogP contribution in [0, 0.1) is 17.1 Å². The molecule has 132 valence electrons. The molecule has 2 aromatic rings. The molecule has 5 nitrogen and oxygen atoms in total. The molecule has 2 aliphatic rings. The van der Waals surface area contributed by atoms with Gasteiger partial charge in [0, 0.05) is 32.4 Å². The molecule has 1 aliphatic heterocycles. The SMILES string of the molecule is N#Cc1ccc(N2CCN(C(=O)C3CCc4cccnc43)CC2)c(F)c1. The Morgan fingerprint density at radius 2 is 2.04 bits per heavy atom. The number of rotatable bonds is 2. The number of nitrogens with zero attached hydrogens (tertiary/aromatic N) is 4. The van der Waals surface area contributed by atoms with Gasteiger partial charge in [0.05, 0.1) is 28.9 Å². The Morgan fingerprint density at radius 3 is 2.77 bits per heavy atom. The molecular formula is C20H19FN4O. The summed E-state index contributed by atoms with van der Waals surface area (Å²) in [6, 6.07) is 10.4. The van der Waals surface area contributed by atoms with Crippen LogP contribution in [0.5, 0.6) is 0 Å². The fourth-order valence-corrected chi connectivity index (χ4v) is 3.87. The Morgan fingerprint density at radius 1 is 1.23 bits per heavy atom. The van der Waals surface area contributed by atoms with Crippen molar-refractivity contribution in [2.75, 3.05) is 31.1 Å². The second-order valence-electron chi connectivity index (χ2n) is 6.73. The summed E-state index contributed by atoms with van der Waals surface area (Å²) in [6.07, 6.45) is 3.46. The topological polar surface area (TPSA) is 60.2 Å². The summed E-state index contributed by atoms with van der Waals surface area (Å²) in [6.45, 7) is 2.29. The first-order valence-electron chi connectivity index (χ1n) is 8.84. The van der Waals surface area contributed by atoms with Crippen molar-refractivity contribution in [3.63, 3.8) is 0 Å². The lowest BCUT2D eigenvalue weighted by Crippen LogP contribution is -2.50. The second-order valence-corrected chi connectivity index (χ2v) is 6.73. The Hall–Kier alpha value is -2.94. The predicted octanol–water partition coefficient (Wildman–Crippen LogP) is 2.47. The number of nitriles is 1. The first-order chi connectivity index (χ1) is 12.7. The fraction of sp³-hybridized carbons (Fsp3) is 0.350. The Bertz CT molecular complexity index is 884. The van der Waals surface area contributed by atoms with Gasteiger partial charge in [-0.2, -0.15) is 5.26 Å². The summed E-state index contributed by atoms with van der Waals surface area (Å²) < 4.78 is 14.2. The van der Waals surface area contributed by atoms with Crippen molar-refractivity contribution in [3.8, 4) is 6.07 Å². The number of aryl methyl sites for hydroxylation is 1. The highest BCUT2D eigenvalue weighted by Gasteiger charge is 2.34. The molecule has 2 heterocycles. The van der Waals surface area contributed by atoms with Crippen LogP contribution in [-0.2, 0) is 11.2 Å². The van der Waals surface area contributed by atoms with Crippen LogP contribution in [0.15, 0.2) is 36.5 Å². The highest BCUT2D eigenvalue weighted by Crippen LogP contribution is 2.33. The van der Waals surface area contributed by atoms with Crippen molar-refractivity contribution in [1.29, 1.82) is 5.26 Å². The number of halogens is 1. The zero-order valence-electron chi connectivity index (χ0n) is 14.4. The van der Waals surface area contributed by atoms with E-state index in [1.165, 1.54) is 11.6 Å². The Balaban J connectivity index is 1.43. The standard InChI is InChI=1S/C20H19FN4O/c21-17-12-14(13-22)3-6-18(17)24-8-10-25(11-9-24)20(26)16-5-4-15-2-1-7-23-19(15)16/h1-3,6-7,12,16H,4-5,8-11H2. The minimum atomic E-state index is -0.391. The van der Waals surface area contributed by atoms with Crippen molar-refractivity contribution < 1.29 is 9.18 Å². The van der Waals surface area contributed by atoms with Gasteiger partial charge >= 0.3 is 0 Å². The highest BCUT2D eigenvalue weighted by molar-refractivity contribution is 5.84. The molecule has 1 saturated heterocycles. The number of pyridine rings is 1. The lowest BCUT2D eigenvalue weighted by Gasteiger charge is -2.37. The Labute approximate surface area is 151 Å². The number of anilines is 1. The minimum absolute atomic E-state index is 0.127. The van der Waals surface area contributed by atoms with E-state index >= 15 is 0 Å². The van der Waals surface area contributed by atoms with Gasteiger partial charge in [-0.15, -0.1) is 0 Å². The van der Waals surface area contributed by atoms with Crippen LogP contribution in [0.2, 0.25) is 0 Å². The van der Waals surface area contributed by atoms with E-state index in [2.05, 4.69) is 4.98 Å². The molecule has 0 bridgehead atoms. The molecule has 6 heteroatoms. The molecule has 4 rings (SSSR count). The van der Waals surface area contributed by atoms with Crippen molar-refractivity contribution >= 4 is 11.6 Å². The first kappa shape index (κ1) is 16.5.